The van der Waals surface area contributed by atoms with Gasteiger partial charge in [0.05, 0.1) is 23.9 Å². The Kier molecular flexibility index (Phi) is 6.06. The van der Waals surface area contributed by atoms with E-state index in [1.165, 1.54) is 30.6 Å². The fourth-order valence-corrected chi connectivity index (χ4v) is 2.47. The fourth-order valence-electron chi connectivity index (χ4n) is 2.47. The number of pyridine rings is 1. The highest BCUT2D eigenvalue weighted by molar-refractivity contribution is 5.95. The van der Waals surface area contributed by atoms with Crippen LogP contribution in [0.3, 0.4) is 0 Å². The van der Waals surface area contributed by atoms with E-state index in [1.54, 1.807) is 13.8 Å². The Hall–Kier alpha value is -3.40. The molecule has 0 saturated heterocycles. The predicted molar refractivity (Wildman–Crippen MR) is 100 cm³/mol. The van der Waals surface area contributed by atoms with Crippen molar-refractivity contribution in [3.63, 3.8) is 0 Å². The van der Waals surface area contributed by atoms with Gasteiger partial charge in [-0.05, 0) is 44.2 Å². The van der Waals surface area contributed by atoms with Crippen LogP contribution in [0, 0.1) is 6.92 Å². The summed E-state index contributed by atoms with van der Waals surface area (Å²) in [6.07, 6.45) is -1.74. The van der Waals surface area contributed by atoms with E-state index in [-0.39, 0.29) is 35.3 Å². The Morgan fingerprint density at radius 1 is 1.23 bits per heavy atom. The van der Waals surface area contributed by atoms with E-state index in [4.69, 9.17) is 14.3 Å². The number of amides is 1. The van der Waals surface area contributed by atoms with Gasteiger partial charge < -0.3 is 19.6 Å². The predicted octanol–water partition coefficient (Wildman–Crippen LogP) is 3.97. The van der Waals surface area contributed by atoms with Crippen molar-refractivity contribution in [1.82, 2.24) is 15.3 Å². The van der Waals surface area contributed by atoms with Gasteiger partial charge >= 0.3 is 6.18 Å². The smallest absolute Gasteiger partial charge is 0.416 e. The van der Waals surface area contributed by atoms with E-state index in [1.807, 2.05) is 0 Å². The highest BCUT2D eigenvalue weighted by atomic mass is 19.4. The van der Waals surface area contributed by atoms with Gasteiger partial charge in [0.1, 0.15) is 17.1 Å². The summed E-state index contributed by atoms with van der Waals surface area (Å²) in [6.45, 7) is 3.08. The van der Waals surface area contributed by atoms with Crippen LogP contribution in [0.15, 0.2) is 47.1 Å². The third-order valence-electron chi connectivity index (χ3n) is 4.01. The molecule has 30 heavy (non-hydrogen) atoms. The van der Waals surface area contributed by atoms with E-state index >= 15 is 0 Å². The molecule has 0 spiro atoms. The fraction of sp³-hybridized carbons (Fsp3) is 0.250. The first-order valence-corrected chi connectivity index (χ1v) is 8.87. The maximum atomic E-state index is 12.7. The molecule has 2 aromatic heterocycles. The summed E-state index contributed by atoms with van der Waals surface area (Å²) < 4.78 is 49.4. The molecule has 1 atom stereocenters. The largest absolute Gasteiger partial charge is 0.441 e. The maximum absolute atomic E-state index is 12.7. The third kappa shape index (κ3) is 4.95. The summed E-state index contributed by atoms with van der Waals surface area (Å²) in [5, 5.41) is 11.7. The second-order valence-electron chi connectivity index (χ2n) is 6.53. The van der Waals surface area contributed by atoms with Crippen molar-refractivity contribution >= 4 is 5.91 Å². The van der Waals surface area contributed by atoms with Crippen LogP contribution in [0.1, 0.15) is 28.6 Å². The summed E-state index contributed by atoms with van der Waals surface area (Å²) in [4.78, 5) is 20.6. The summed E-state index contributed by atoms with van der Waals surface area (Å²) in [5.74, 6) is 0.283. The van der Waals surface area contributed by atoms with Gasteiger partial charge in [-0.1, -0.05) is 0 Å². The lowest BCUT2D eigenvalue weighted by atomic mass is 10.1. The lowest BCUT2D eigenvalue weighted by molar-refractivity contribution is -0.137. The minimum Gasteiger partial charge on any atom is -0.441 e. The number of rotatable bonds is 6. The van der Waals surface area contributed by atoms with Crippen LogP contribution in [0.25, 0.3) is 11.5 Å². The minimum atomic E-state index is -4.46. The zero-order valence-electron chi connectivity index (χ0n) is 16.0. The summed E-state index contributed by atoms with van der Waals surface area (Å²) in [6, 6.07) is 5.09. The highest BCUT2D eigenvalue weighted by Gasteiger charge is 2.30. The Morgan fingerprint density at radius 2 is 1.93 bits per heavy atom. The van der Waals surface area contributed by atoms with E-state index in [0.29, 0.717) is 5.76 Å². The highest BCUT2D eigenvalue weighted by Crippen LogP contribution is 2.34. The van der Waals surface area contributed by atoms with Gasteiger partial charge in [0, 0.05) is 12.2 Å². The number of alkyl halides is 3. The molecular formula is C20H18F3N3O4. The number of nitrogens with zero attached hydrogens (tertiary/aromatic N) is 2. The lowest BCUT2D eigenvalue weighted by Gasteiger charge is -2.13. The molecule has 0 saturated carbocycles. The molecule has 0 aliphatic rings. The normalized spacial score (nSPS) is 12.5. The van der Waals surface area contributed by atoms with E-state index in [9.17, 15) is 18.0 Å². The van der Waals surface area contributed by atoms with Gasteiger partial charge in [-0.25, -0.2) is 9.97 Å². The van der Waals surface area contributed by atoms with Crippen molar-refractivity contribution in [2.24, 2.45) is 0 Å². The summed E-state index contributed by atoms with van der Waals surface area (Å²) >= 11 is 0. The first-order chi connectivity index (χ1) is 14.2. The zero-order chi connectivity index (χ0) is 21.9. The molecule has 2 heterocycles. The molecule has 7 nitrogen and oxygen atoms in total. The molecule has 3 rings (SSSR count). The van der Waals surface area contributed by atoms with Gasteiger partial charge in [-0.2, -0.15) is 13.2 Å². The van der Waals surface area contributed by atoms with Crippen LogP contribution < -0.4 is 10.1 Å². The summed E-state index contributed by atoms with van der Waals surface area (Å²) in [5.41, 5.74) is -0.399. The number of aryl methyl sites for hydroxylation is 1. The monoisotopic (exact) mass is 421 g/mol. The number of benzene rings is 1. The molecule has 1 aromatic carbocycles. The Balaban J connectivity index is 1.94. The Labute approximate surface area is 169 Å². The molecule has 2 N–H and O–H groups in total. The van der Waals surface area contributed by atoms with Crippen LogP contribution in [0.4, 0.5) is 13.2 Å². The number of ether oxygens (including phenoxy) is 1. The molecule has 0 aliphatic carbocycles. The minimum absolute atomic E-state index is 0.00312. The number of hydrogen-bond acceptors (Lipinski definition) is 6. The van der Waals surface area contributed by atoms with Gasteiger partial charge in [0.2, 0.25) is 11.8 Å². The lowest BCUT2D eigenvalue weighted by Crippen LogP contribution is -2.35. The third-order valence-corrected chi connectivity index (χ3v) is 4.01. The standard InChI is InChI=1S/C20H18F3N3O4/c1-11(10-27)26-17(28)13-7-16(18-24-8-12(2)29-18)19(25-9-13)30-15-5-3-14(4-6-15)20(21,22)23/h3-9,11,27H,10H2,1-2H3,(H,26,28)/t11-/m1/s1. The molecule has 0 fully saturated rings. The van der Waals surface area contributed by atoms with Crippen LogP contribution in [-0.4, -0.2) is 33.6 Å². The van der Waals surface area contributed by atoms with Crippen LogP contribution in [-0.2, 0) is 6.18 Å². The van der Waals surface area contributed by atoms with Crippen LogP contribution in [0.5, 0.6) is 11.6 Å². The number of hydrogen-bond donors (Lipinski definition) is 2. The maximum Gasteiger partial charge on any atom is 0.416 e. The molecule has 0 bridgehead atoms. The number of aliphatic hydroxyl groups excluding tert-OH is 1. The Bertz CT molecular complexity index is 1030. The van der Waals surface area contributed by atoms with Crippen molar-refractivity contribution < 1.29 is 32.2 Å². The first kappa shape index (κ1) is 21.3. The van der Waals surface area contributed by atoms with Crippen LogP contribution in [0.2, 0.25) is 0 Å². The number of carbonyl (C=O) groups excluding carboxylic acids is 1. The quantitative estimate of drug-likeness (QED) is 0.625. The Morgan fingerprint density at radius 3 is 2.50 bits per heavy atom. The first-order valence-electron chi connectivity index (χ1n) is 8.87. The van der Waals surface area contributed by atoms with Crippen molar-refractivity contribution in [2.45, 2.75) is 26.1 Å². The molecule has 1 amide bonds. The SMILES string of the molecule is Cc1cnc(-c2cc(C(=O)N[C@H](C)CO)cnc2Oc2ccc(C(F)(F)F)cc2)o1. The molecule has 3 aromatic rings. The van der Waals surface area contributed by atoms with Crippen molar-refractivity contribution in [1.29, 1.82) is 0 Å². The second-order valence-corrected chi connectivity index (χ2v) is 6.53. The second kappa shape index (κ2) is 8.54. The molecule has 0 unspecified atom stereocenters. The number of carbonyl (C=O) groups is 1. The van der Waals surface area contributed by atoms with Gasteiger partial charge in [-0.15, -0.1) is 0 Å². The number of oxazole rings is 1. The van der Waals surface area contributed by atoms with Crippen molar-refractivity contribution in [2.75, 3.05) is 6.61 Å². The molecule has 158 valence electrons. The topological polar surface area (TPSA) is 97.5 Å². The molecule has 10 heteroatoms. The van der Waals surface area contributed by atoms with Gasteiger partial charge in [0.25, 0.3) is 5.91 Å². The summed E-state index contributed by atoms with van der Waals surface area (Å²) in [7, 11) is 0. The molecule has 0 aliphatic heterocycles. The van der Waals surface area contributed by atoms with Crippen molar-refractivity contribution in [3.8, 4) is 23.1 Å². The van der Waals surface area contributed by atoms with E-state index in [0.717, 1.165) is 12.1 Å². The zero-order valence-corrected chi connectivity index (χ0v) is 16.0. The van der Waals surface area contributed by atoms with Gasteiger partial charge in [-0.3, -0.25) is 4.79 Å². The van der Waals surface area contributed by atoms with Crippen molar-refractivity contribution in [3.05, 3.63) is 59.6 Å². The molecular weight excluding hydrogens is 403 g/mol. The van der Waals surface area contributed by atoms with Crippen LogP contribution >= 0.6 is 0 Å². The molecule has 0 radical (unpaired) electrons. The average molecular weight is 421 g/mol. The number of nitrogens with one attached hydrogen (secondary N) is 1. The number of halogens is 3. The number of aliphatic hydroxyl groups is 1. The number of aromatic nitrogens is 2. The average Bonchev–Trinajstić information content (AvgIpc) is 3.14. The van der Waals surface area contributed by atoms with E-state index in [2.05, 4.69) is 15.3 Å². The van der Waals surface area contributed by atoms with Gasteiger partial charge in [0.15, 0.2) is 0 Å². The van der Waals surface area contributed by atoms with E-state index < -0.39 is 23.7 Å².